The molecule has 0 saturated carbocycles. The van der Waals surface area contributed by atoms with E-state index in [1.54, 1.807) is 0 Å². The molecule has 20 heavy (non-hydrogen) atoms. The summed E-state index contributed by atoms with van der Waals surface area (Å²) in [6.45, 7) is 6.06. The summed E-state index contributed by atoms with van der Waals surface area (Å²) >= 11 is 0. The van der Waals surface area contributed by atoms with Crippen LogP contribution in [0.4, 0.5) is 0 Å². The van der Waals surface area contributed by atoms with E-state index in [9.17, 15) is 0 Å². The first-order valence-corrected chi connectivity index (χ1v) is 7.27. The zero-order chi connectivity index (χ0) is 14.1. The Balaban J connectivity index is 2.02. The Morgan fingerprint density at radius 3 is 2.90 bits per heavy atom. The van der Waals surface area contributed by atoms with Crippen molar-refractivity contribution in [3.8, 4) is 11.4 Å². The smallest absolute Gasteiger partial charge is 0.126 e. The minimum Gasteiger partial charge on any atom is -0.298 e. The second-order valence-corrected chi connectivity index (χ2v) is 5.40. The number of aromatic nitrogens is 4. The average molecular weight is 271 g/mol. The van der Waals surface area contributed by atoms with Gasteiger partial charge < -0.3 is 0 Å². The summed E-state index contributed by atoms with van der Waals surface area (Å²) in [6.07, 6.45) is 4.25. The number of aryl methyl sites for hydroxylation is 2. The first-order valence-electron chi connectivity index (χ1n) is 7.27. The molecular formula is C15H21N5. The molecular weight excluding hydrogens is 250 g/mol. The Morgan fingerprint density at radius 1 is 1.35 bits per heavy atom. The van der Waals surface area contributed by atoms with Gasteiger partial charge in [0.05, 0.1) is 23.1 Å². The quantitative estimate of drug-likeness (QED) is 0.860. The standard InChI is InChI=1S/C15H21N5/c1-4-20-15(7-8-16-20)13-10-12(17-11(2)18-13)14-6-5-9-19(14)3/h7-8,10,14H,4-6,9H2,1-3H3/t14-/m1/s1. The van der Waals surface area contributed by atoms with Crippen molar-refractivity contribution >= 4 is 0 Å². The van der Waals surface area contributed by atoms with Crippen LogP contribution < -0.4 is 0 Å². The van der Waals surface area contributed by atoms with Crippen molar-refractivity contribution in [2.75, 3.05) is 13.6 Å². The Labute approximate surface area is 119 Å². The molecule has 3 heterocycles. The van der Waals surface area contributed by atoms with Crippen LogP contribution in [0.25, 0.3) is 11.4 Å². The fraction of sp³-hybridized carbons (Fsp3) is 0.533. The maximum atomic E-state index is 4.65. The fourth-order valence-electron chi connectivity index (χ4n) is 2.98. The number of hydrogen-bond acceptors (Lipinski definition) is 4. The molecule has 2 aromatic rings. The first kappa shape index (κ1) is 13.2. The lowest BCUT2D eigenvalue weighted by Crippen LogP contribution is -2.19. The van der Waals surface area contributed by atoms with Crippen molar-refractivity contribution in [2.45, 2.75) is 39.3 Å². The Morgan fingerprint density at radius 2 is 2.20 bits per heavy atom. The maximum Gasteiger partial charge on any atom is 0.126 e. The highest BCUT2D eigenvalue weighted by Gasteiger charge is 2.24. The third-order valence-corrected chi connectivity index (χ3v) is 4.00. The highest BCUT2D eigenvalue weighted by atomic mass is 15.3. The molecule has 2 aromatic heterocycles. The number of likely N-dealkylation sites (tertiary alicyclic amines) is 1. The van der Waals surface area contributed by atoms with Gasteiger partial charge >= 0.3 is 0 Å². The lowest BCUT2D eigenvalue weighted by atomic mass is 10.1. The Hall–Kier alpha value is -1.75. The number of nitrogens with zero attached hydrogens (tertiary/aromatic N) is 5. The molecule has 0 amide bonds. The highest BCUT2D eigenvalue weighted by molar-refractivity contribution is 5.54. The van der Waals surface area contributed by atoms with Crippen molar-refractivity contribution in [1.82, 2.24) is 24.6 Å². The van der Waals surface area contributed by atoms with Crippen LogP contribution in [0.15, 0.2) is 18.3 Å². The molecule has 1 aliphatic rings. The molecule has 5 nitrogen and oxygen atoms in total. The third-order valence-electron chi connectivity index (χ3n) is 4.00. The van der Waals surface area contributed by atoms with E-state index in [1.165, 1.54) is 12.8 Å². The van der Waals surface area contributed by atoms with Gasteiger partial charge in [-0.05, 0) is 52.4 Å². The van der Waals surface area contributed by atoms with Crippen LogP contribution >= 0.6 is 0 Å². The SMILES string of the molecule is CCn1nccc1-c1cc([C@H]2CCCN2C)nc(C)n1. The molecule has 1 atom stereocenters. The molecule has 0 bridgehead atoms. The maximum absolute atomic E-state index is 4.65. The Kier molecular flexibility index (Phi) is 3.53. The minimum atomic E-state index is 0.424. The van der Waals surface area contributed by atoms with Crippen LogP contribution in [0, 0.1) is 6.92 Å². The molecule has 0 N–H and O–H groups in total. The van der Waals surface area contributed by atoms with Gasteiger partial charge in [-0.1, -0.05) is 0 Å². The van der Waals surface area contributed by atoms with Gasteiger partial charge in [-0.2, -0.15) is 5.10 Å². The molecule has 0 spiro atoms. The van der Waals surface area contributed by atoms with Crippen molar-refractivity contribution in [2.24, 2.45) is 0 Å². The topological polar surface area (TPSA) is 46.8 Å². The van der Waals surface area contributed by atoms with Crippen LogP contribution in [0.1, 0.15) is 37.3 Å². The van der Waals surface area contributed by atoms with E-state index in [-0.39, 0.29) is 0 Å². The van der Waals surface area contributed by atoms with Gasteiger partial charge in [-0.15, -0.1) is 0 Å². The van der Waals surface area contributed by atoms with Crippen LogP contribution in [-0.4, -0.2) is 38.2 Å². The normalized spacial score (nSPS) is 19.6. The molecule has 0 aliphatic carbocycles. The monoisotopic (exact) mass is 271 g/mol. The van der Waals surface area contributed by atoms with Gasteiger partial charge in [0.25, 0.3) is 0 Å². The zero-order valence-corrected chi connectivity index (χ0v) is 12.4. The molecule has 1 fully saturated rings. The van der Waals surface area contributed by atoms with E-state index in [4.69, 9.17) is 0 Å². The Bertz CT molecular complexity index is 604. The van der Waals surface area contributed by atoms with Gasteiger partial charge in [0.1, 0.15) is 5.82 Å². The fourth-order valence-corrected chi connectivity index (χ4v) is 2.98. The van der Waals surface area contributed by atoms with Crippen LogP contribution in [0.5, 0.6) is 0 Å². The molecule has 1 saturated heterocycles. The van der Waals surface area contributed by atoms with Crippen LogP contribution in [0.3, 0.4) is 0 Å². The second kappa shape index (κ2) is 5.32. The number of rotatable bonds is 3. The molecule has 106 valence electrons. The summed E-state index contributed by atoms with van der Waals surface area (Å²) < 4.78 is 1.98. The summed E-state index contributed by atoms with van der Waals surface area (Å²) in [5.41, 5.74) is 3.18. The van der Waals surface area contributed by atoms with Gasteiger partial charge in [-0.3, -0.25) is 9.58 Å². The van der Waals surface area contributed by atoms with Crippen molar-refractivity contribution in [1.29, 1.82) is 0 Å². The first-order chi connectivity index (χ1) is 9.69. The molecule has 0 radical (unpaired) electrons. The summed E-state index contributed by atoms with van der Waals surface area (Å²) in [4.78, 5) is 11.6. The van der Waals surface area contributed by atoms with Gasteiger partial charge in [0.2, 0.25) is 0 Å². The van der Waals surface area contributed by atoms with Crippen LogP contribution in [0.2, 0.25) is 0 Å². The van der Waals surface area contributed by atoms with E-state index in [2.05, 4.69) is 40.0 Å². The van der Waals surface area contributed by atoms with Crippen molar-refractivity contribution in [3.05, 3.63) is 29.8 Å². The number of hydrogen-bond donors (Lipinski definition) is 0. The molecule has 0 aromatic carbocycles. The zero-order valence-electron chi connectivity index (χ0n) is 12.4. The van der Waals surface area contributed by atoms with E-state index in [0.29, 0.717) is 6.04 Å². The minimum absolute atomic E-state index is 0.424. The average Bonchev–Trinajstić information content (AvgIpc) is 3.05. The lowest BCUT2D eigenvalue weighted by molar-refractivity contribution is 0.311. The van der Waals surface area contributed by atoms with Gasteiger partial charge in [0, 0.05) is 12.7 Å². The summed E-state index contributed by atoms with van der Waals surface area (Å²) in [7, 11) is 2.17. The highest BCUT2D eigenvalue weighted by Crippen LogP contribution is 2.30. The summed E-state index contributed by atoms with van der Waals surface area (Å²) in [6, 6.07) is 4.57. The predicted octanol–water partition coefficient (Wildman–Crippen LogP) is 2.44. The molecule has 3 rings (SSSR count). The van der Waals surface area contributed by atoms with Crippen molar-refractivity contribution in [3.63, 3.8) is 0 Å². The third kappa shape index (κ3) is 2.33. The van der Waals surface area contributed by atoms with E-state index in [0.717, 1.165) is 36.0 Å². The van der Waals surface area contributed by atoms with Gasteiger partial charge in [0.15, 0.2) is 0 Å². The lowest BCUT2D eigenvalue weighted by Gasteiger charge is -2.19. The summed E-state index contributed by atoms with van der Waals surface area (Å²) in [5.74, 6) is 0.835. The molecule has 5 heteroatoms. The van der Waals surface area contributed by atoms with Gasteiger partial charge in [-0.25, -0.2) is 9.97 Å². The van der Waals surface area contributed by atoms with E-state index < -0.39 is 0 Å². The summed E-state index contributed by atoms with van der Waals surface area (Å²) in [5, 5.41) is 4.33. The van der Waals surface area contributed by atoms with E-state index >= 15 is 0 Å². The predicted molar refractivity (Wildman–Crippen MR) is 78.3 cm³/mol. The molecule has 1 aliphatic heterocycles. The second-order valence-electron chi connectivity index (χ2n) is 5.40. The largest absolute Gasteiger partial charge is 0.298 e. The van der Waals surface area contributed by atoms with Crippen LogP contribution in [-0.2, 0) is 6.54 Å². The van der Waals surface area contributed by atoms with E-state index in [1.807, 2.05) is 23.9 Å². The molecule has 0 unspecified atom stereocenters. The van der Waals surface area contributed by atoms with Crippen molar-refractivity contribution < 1.29 is 0 Å².